The molecule has 0 radical (unpaired) electrons. The van der Waals surface area contributed by atoms with Crippen molar-refractivity contribution in [1.82, 2.24) is 10.2 Å². The van der Waals surface area contributed by atoms with Crippen molar-refractivity contribution >= 4 is 0 Å². The number of ether oxygens (including phenoxy) is 1. The van der Waals surface area contributed by atoms with Crippen molar-refractivity contribution in [3.05, 3.63) is 29.8 Å². The van der Waals surface area contributed by atoms with Crippen LogP contribution in [-0.4, -0.2) is 49.8 Å². The topological polar surface area (TPSA) is 44.7 Å². The summed E-state index contributed by atoms with van der Waals surface area (Å²) in [6.07, 6.45) is 1.95. The molecular formula is C15H24N2O2. The van der Waals surface area contributed by atoms with E-state index in [-0.39, 0.29) is 6.10 Å². The first kappa shape index (κ1) is 14.3. The summed E-state index contributed by atoms with van der Waals surface area (Å²) in [6.45, 7) is 2.63. The second kappa shape index (κ2) is 6.89. The monoisotopic (exact) mass is 264 g/mol. The quantitative estimate of drug-likeness (QED) is 0.844. The molecule has 1 fully saturated rings. The highest BCUT2D eigenvalue weighted by atomic mass is 16.5. The summed E-state index contributed by atoms with van der Waals surface area (Å²) in [4.78, 5) is 2.29. The SMILES string of the molecule is CNCC(O)c1ccccc1OC1CCCN(C)C1. The standard InChI is InChI=1S/C15H24N2O2/c1-16-10-14(18)13-7-3-4-8-15(13)19-12-6-5-9-17(2)11-12/h3-4,7-8,12,14,16,18H,5-6,9-11H2,1-2H3. The number of aliphatic hydroxyl groups is 1. The van der Waals surface area contributed by atoms with Crippen molar-refractivity contribution in [3.8, 4) is 5.75 Å². The van der Waals surface area contributed by atoms with Gasteiger partial charge in [0.15, 0.2) is 0 Å². The Labute approximate surface area is 115 Å². The molecule has 1 aromatic rings. The van der Waals surface area contributed by atoms with E-state index in [2.05, 4.69) is 17.3 Å². The Morgan fingerprint density at radius 3 is 3.00 bits per heavy atom. The average Bonchev–Trinajstić information content (AvgIpc) is 2.39. The van der Waals surface area contributed by atoms with Crippen molar-refractivity contribution in [1.29, 1.82) is 0 Å². The Morgan fingerprint density at radius 1 is 1.47 bits per heavy atom. The van der Waals surface area contributed by atoms with Gasteiger partial charge in [-0.25, -0.2) is 0 Å². The molecule has 106 valence electrons. The van der Waals surface area contributed by atoms with Gasteiger partial charge in [0, 0.05) is 18.7 Å². The summed E-state index contributed by atoms with van der Waals surface area (Å²) in [5, 5.41) is 13.1. The van der Waals surface area contributed by atoms with Gasteiger partial charge in [0.1, 0.15) is 11.9 Å². The van der Waals surface area contributed by atoms with Crippen LogP contribution in [0, 0.1) is 0 Å². The van der Waals surface area contributed by atoms with Gasteiger partial charge in [-0.3, -0.25) is 0 Å². The van der Waals surface area contributed by atoms with Gasteiger partial charge in [-0.2, -0.15) is 0 Å². The molecule has 2 atom stereocenters. The first-order chi connectivity index (χ1) is 9.20. The van der Waals surface area contributed by atoms with Gasteiger partial charge in [0.2, 0.25) is 0 Å². The zero-order valence-corrected chi connectivity index (χ0v) is 11.8. The van der Waals surface area contributed by atoms with Crippen LogP contribution in [-0.2, 0) is 0 Å². The molecule has 1 heterocycles. The van der Waals surface area contributed by atoms with Gasteiger partial charge in [-0.15, -0.1) is 0 Å². The summed E-state index contributed by atoms with van der Waals surface area (Å²) in [7, 11) is 3.96. The first-order valence-electron chi connectivity index (χ1n) is 6.97. The van der Waals surface area contributed by atoms with Gasteiger partial charge in [-0.1, -0.05) is 18.2 Å². The van der Waals surface area contributed by atoms with Crippen molar-refractivity contribution in [2.45, 2.75) is 25.0 Å². The lowest BCUT2D eigenvalue weighted by molar-refractivity contribution is 0.0980. The van der Waals surface area contributed by atoms with E-state index in [0.29, 0.717) is 6.54 Å². The fraction of sp³-hybridized carbons (Fsp3) is 0.600. The van der Waals surface area contributed by atoms with Crippen molar-refractivity contribution < 1.29 is 9.84 Å². The fourth-order valence-electron chi connectivity index (χ4n) is 2.56. The number of nitrogens with one attached hydrogen (secondary N) is 1. The van der Waals surface area contributed by atoms with E-state index in [1.807, 2.05) is 31.3 Å². The molecule has 0 saturated carbocycles. The normalized spacial score (nSPS) is 22.2. The van der Waals surface area contributed by atoms with Gasteiger partial charge in [0.05, 0.1) is 6.10 Å². The van der Waals surface area contributed by atoms with Gasteiger partial charge < -0.3 is 20.1 Å². The first-order valence-corrected chi connectivity index (χ1v) is 6.97. The van der Waals surface area contributed by atoms with E-state index >= 15 is 0 Å². The summed E-state index contributed by atoms with van der Waals surface area (Å²) in [6, 6.07) is 7.78. The zero-order valence-electron chi connectivity index (χ0n) is 11.8. The third-order valence-electron chi connectivity index (χ3n) is 3.55. The van der Waals surface area contributed by atoms with Crippen molar-refractivity contribution in [2.75, 3.05) is 33.7 Å². The number of para-hydroxylation sites is 1. The Kier molecular flexibility index (Phi) is 5.19. The molecule has 4 heteroatoms. The molecule has 1 aromatic carbocycles. The lowest BCUT2D eigenvalue weighted by atomic mass is 10.1. The zero-order chi connectivity index (χ0) is 13.7. The number of piperidine rings is 1. The maximum atomic E-state index is 10.1. The molecule has 0 bridgehead atoms. The highest BCUT2D eigenvalue weighted by molar-refractivity contribution is 5.35. The Morgan fingerprint density at radius 2 is 2.26 bits per heavy atom. The predicted molar refractivity (Wildman–Crippen MR) is 76.5 cm³/mol. The predicted octanol–water partition coefficient (Wildman–Crippen LogP) is 1.41. The van der Waals surface area contributed by atoms with Crippen LogP contribution in [0.25, 0.3) is 0 Å². The van der Waals surface area contributed by atoms with E-state index in [1.165, 1.54) is 6.42 Å². The molecule has 1 saturated heterocycles. The highest BCUT2D eigenvalue weighted by Gasteiger charge is 2.21. The molecule has 2 N–H and O–H groups in total. The molecule has 0 spiro atoms. The number of likely N-dealkylation sites (tertiary alicyclic amines) is 1. The second-order valence-electron chi connectivity index (χ2n) is 5.26. The van der Waals surface area contributed by atoms with Crippen molar-refractivity contribution in [3.63, 3.8) is 0 Å². The van der Waals surface area contributed by atoms with Gasteiger partial charge >= 0.3 is 0 Å². The fourth-order valence-corrected chi connectivity index (χ4v) is 2.56. The molecule has 1 aliphatic heterocycles. The largest absolute Gasteiger partial charge is 0.489 e. The smallest absolute Gasteiger partial charge is 0.125 e. The summed E-state index contributed by atoms with van der Waals surface area (Å²) >= 11 is 0. The third-order valence-corrected chi connectivity index (χ3v) is 3.55. The minimum atomic E-state index is -0.525. The number of benzene rings is 1. The minimum Gasteiger partial charge on any atom is -0.489 e. The van der Waals surface area contributed by atoms with E-state index in [4.69, 9.17) is 4.74 Å². The van der Waals surface area contributed by atoms with Crippen molar-refractivity contribution in [2.24, 2.45) is 0 Å². The third kappa shape index (κ3) is 3.93. The number of hydrogen-bond donors (Lipinski definition) is 2. The molecule has 0 amide bonds. The van der Waals surface area contributed by atoms with E-state index in [9.17, 15) is 5.11 Å². The Balaban J connectivity index is 2.06. The summed E-state index contributed by atoms with van der Waals surface area (Å²) < 4.78 is 6.09. The minimum absolute atomic E-state index is 0.224. The van der Waals surface area contributed by atoms with E-state index in [0.717, 1.165) is 30.8 Å². The molecule has 0 aromatic heterocycles. The molecule has 2 unspecified atom stereocenters. The van der Waals surface area contributed by atoms with Crippen LogP contribution >= 0.6 is 0 Å². The van der Waals surface area contributed by atoms with Crippen LogP contribution in [0.2, 0.25) is 0 Å². The van der Waals surface area contributed by atoms with Crippen LogP contribution in [0.1, 0.15) is 24.5 Å². The van der Waals surface area contributed by atoms with Crippen LogP contribution in [0.5, 0.6) is 5.75 Å². The summed E-state index contributed by atoms with van der Waals surface area (Å²) in [5.74, 6) is 0.811. The lowest BCUT2D eigenvalue weighted by Gasteiger charge is -2.31. The summed E-state index contributed by atoms with van der Waals surface area (Å²) in [5.41, 5.74) is 0.866. The maximum Gasteiger partial charge on any atom is 0.125 e. The highest BCUT2D eigenvalue weighted by Crippen LogP contribution is 2.27. The number of hydrogen-bond acceptors (Lipinski definition) is 4. The van der Waals surface area contributed by atoms with Crippen LogP contribution in [0.4, 0.5) is 0 Å². The maximum absolute atomic E-state index is 10.1. The molecular weight excluding hydrogens is 240 g/mol. The Hall–Kier alpha value is -1.10. The number of likely N-dealkylation sites (N-methyl/N-ethyl adjacent to an activating group) is 2. The molecule has 19 heavy (non-hydrogen) atoms. The second-order valence-corrected chi connectivity index (χ2v) is 5.26. The lowest BCUT2D eigenvalue weighted by Crippen LogP contribution is -2.38. The average molecular weight is 264 g/mol. The van der Waals surface area contributed by atoms with Gasteiger partial charge in [0.25, 0.3) is 0 Å². The van der Waals surface area contributed by atoms with E-state index < -0.39 is 6.10 Å². The molecule has 4 nitrogen and oxygen atoms in total. The van der Waals surface area contributed by atoms with Crippen LogP contribution in [0.15, 0.2) is 24.3 Å². The van der Waals surface area contributed by atoms with Crippen LogP contribution in [0.3, 0.4) is 0 Å². The number of nitrogens with zero attached hydrogens (tertiary/aromatic N) is 1. The van der Waals surface area contributed by atoms with Crippen LogP contribution < -0.4 is 10.1 Å². The number of rotatable bonds is 5. The Bertz CT molecular complexity index is 397. The molecule has 0 aliphatic carbocycles. The molecule has 1 aliphatic rings. The van der Waals surface area contributed by atoms with Gasteiger partial charge in [-0.05, 0) is 39.5 Å². The number of aliphatic hydroxyl groups excluding tert-OH is 1. The van der Waals surface area contributed by atoms with E-state index in [1.54, 1.807) is 0 Å². The molecule has 2 rings (SSSR count).